The second-order valence-electron chi connectivity index (χ2n) is 8.49. The molecule has 0 unspecified atom stereocenters. The molecule has 1 aliphatic heterocycles. The minimum absolute atomic E-state index is 0.225. The zero-order valence-electron chi connectivity index (χ0n) is 18.6. The Morgan fingerprint density at radius 2 is 1.76 bits per heavy atom. The van der Waals surface area contributed by atoms with Crippen LogP contribution < -0.4 is 5.32 Å². The summed E-state index contributed by atoms with van der Waals surface area (Å²) in [5.74, 6) is 0.775. The van der Waals surface area contributed by atoms with Gasteiger partial charge >= 0.3 is 0 Å². The van der Waals surface area contributed by atoms with Gasteiger partial charge in [-0.3, -0.25) is 14.4 Å². The van der Waals surface area contributed by atoms with Crippen molar-refractivity contribution < 1.29 is 9.21 Å². The summed E-state index contributed by atoms with van der Waals surface area (Å²) < 4.78 is 7.47. The van der Waals surface area contributed by atoms with Crippen LogP contribution in [0.3, 0.4) is 0 Å². The van der Waals surface area contributed by atoms with E-state index in [-0.39, 0.29) is 5.91 Å². The third-order valence-corrected chi connectivity index (χ3v) is 6.09. The number of likely N-dealkylation sites (tertiary alicyclic amines) is 1. The highest BCUT2D eigenvalue weighted by Gasteiger charge is 2.14. The highest BCUT2D eigenvalue weighted by molar-refractivity contribution is 5.91. The quantitative estimate of drug-likeness (QED) is 0.431. The van der Waals surface area contributed by atoms with Gasteiger partial charge in [0, 0.05) is 25.5 Å². The molecule has 5 rings (SSSR count). The number of rotatable bonds is 8. The largest absolute Gasteiger partial charge is 0.454 e. The highest BCUT2D eigenvalue weighted by atomic mass is 16.4. The number of nitrogens with zero attached hydrogens (tertiary/aromatic N) is 3. The standard InChI is InChI=1S/C27H28N4O2/c32-27(26-13-12-24(33-26)20-31-17-5-14-29-31)28-18-23-6-1-2-7-25(23)22-10-8-21(9-11-22)19-30-15-3-4-16-30/h1-2,5-14,17H,3-4,15-16,18-20H2,(H,28,32). The van der Waals surface area contributed by atoms with E-state index in [1.165, 1.54) is 31.5 Å². The van der Waals surface area contributed by atoms with Gasteiger partial charge in [0.25, 0.3) is 5.91 Å². The number of benzene rings is 2. The highest BCUT2D eigenvalue weighted by Crippen LogP contribution is 2.25. The van der Waals surface area contributed by atoms with Crippen molar-refractivity contribution in [2.75, 3.05) is 13.1 Å². The first-order valence-corrected chi connectivity index (χ1v) is 11.5. The molecule has 2 aromatic heterocycles. The normalized spacial score (nSPS) is 13.9. The lowest BCUT2D eigenvalue weighted by molar-refractivity contribution is 0.0921. The van der Waals surface area contributed by atoms with Crippen molar-refractivity contribution in [3.8, 4) is 11.1 Å². The molecule has 3 heterocycles. The van der Waals surface area contributed by atoms with Crippen LogP contribution in [0.5, 0.6) is 0 Å². The maximum absolute atomic E-state index is 12.7. The molecule has 1 amide bonds. The fourth-order valence-electron chi connectivity index (χ4n) is 4.35. The summed E-state index contributed by atoms with van der Waals surface area (Å²) in [5, 5.41) is 7.16. The monoisotopic (exact) mass is 440 g/mol. The third kappa shape index (κ3) is 5.23. The predicted molar refractivity (Wildman–Crippen MR) is 128 cm³/mol. The van der Waals surface area contributed by atoms with Crippen molar-refractivity contribution in [3.63, 3.8) is 0 Å². The van der Waals surface area contributed by atoms with Crippen molar-refractivity contribution in [2.45, 2.75) is 32.5 Å². The van der Waals surface area contributed by atoms with Crippen LogP contribution >= 0.6 is 0 Å². The number of amides is 1. The molecule has 33 heavy (non-hydrogen) atoms. The summed E-state index contributed by atoms with van der Waals surface area (Å²) >= 11 is 0. The van der Waals surface area contributed by atoms with Crippen LogP contribution in [0.25, 0.3) is 11.1 Å². The van der Waals surface area contributed by atoms with Crippen LogP contribution in [0.4, 0.5) is 0 Å². The van der Waals surface area contributed by atoms with E-state index >= 15 is 0 Å². The van der Waals surface area contributed by atoms with Crippen LogP contribution in [-0.2, 0) is 19.6 Å². The Balaban J connectivity index is 1.23. The van der Waals surface area contributed by atoms with E-state index in [9.17, 15) is 4.79 Å². The van der Waals surface area contributed by atoms with Gasteiger partial charge in [-0.2, -0.15) is 5.10 Å². The van der Waals surface area contributed by atoms with Crippen LogP contribution in [0, 0.1) is 0 Å². The van der Waals surface area contributed by atoms with Crippen LogP contribution in [-0.4, -0.2) is 33.7 Å². The third-order valence-electron chi connectivity index (χ3n) is 6.09. The van der Waals surface area contributed by atoms with Crippen molar-refractivity contribution in [3.05, 3.63) is 102 Å². The van der Waals surface area contributed by atoms with E-state index in [4.69, 9.17) is 4.42 Å². The van der Waals surface area contributed by atoms with E-state index in [1.807, 2.05) is 30.5 Å². The van der Waals surface area contributed by atoms with E-state index in [2.05, 4.69) is 51.7 Å². The van der Waals surface area contributed by atoms with Crippen LogP contribution in [0.15, 0.2) is 83.5 Å². The summed E-state index contributed by atoms with van der Waals surface area (Å²) in [7, 11) is 0. The summed E-state index contributed by atoms with van der Waals surface area (Å²) in [6.07, 6.45) is 6.19. The molecule has 0 radical (unpaired) electrons. The van der Waals surface area contributed by atoms with Gasteiger partial charge in [0.05, 0.1) is 6.54 Å². The molecule has 168 valence electrons. The first kappa shape index (κ1) is 21.2. The lowest BCUT2D eigenvalue weighted by atomic mass is 9.98. The first-order chi connectivity index (χ1) is 16.2. The molecule has 0 saturated carbocycles. The maximum Gasteiger partial charge on any atom is 0.287 e. The minimum atomic E-state index is -0.225. The van der Waals surface area contributed by atoms with E-state index in [1.54, 1.807) is 16.9 Å². The topological polar surface area (TPSA) is 63.3 Å². The Hall–Kier alpha value is -3.64. The fourth-order valence-corrected chi connectivity index (χ4v) is 4.35. The van der Waals surface area contributed by atoms with Crippen LogP contribution in [0.1, 0.15) is 40.3 Å². The number of nitrogens with one attached hydrogen (secondary N) is 1. The molecule has 1 aliphatic rings. The number of carbonyl (C=O) groups excluding carboxylic acids is 1. The molecule has 6 heteroatoms. The molecule has 0 atom stereocenters. The van der Waals surface area contributed by atoms with Crippen LogP contribution in [0.2, 0.25) is 0 Å². The second kappa shape index (κ2) is 9.88. The van der Waals surface area contributed by atoms with Gasteiger partial charge in [0.2, 0.25) is 0 Å². The van der Waals surface area contributed by atoms with Gasteiger partial charge in [-0.15, -0.1) is 0 Å². The Labute approximate surface area is 193 Å². The first-order valence-electron chi connectivity index (χ1n) is 11.5. The van der Waals surface area contributed by atoms with Crippen molar-refractivity contribution >= 4 is 5.91 Å². The Bertz CT molecular complexity index is 1190. The number of carbonyl (C=O) groups is 1. The average molecular weight is 441 g/mol. The van der Waals surface area contributed by atoms with Crippen molar-refractivity contribution in [1.29, 1.82) is 0 Å². The Morgan fingerprint density at radius 3 is 2.55 bits per heavy atom. The van der Waals surface area contributed by atoms with Gasteiger partial charge in [-0.1, -0.05) is 48.5 Å². The van der Waals surface area contributed by atoms with Gasteiger partial charge in [0.1, 0.15) is 5.76 Å². The number of hydrogen-bond acceptors (Lipinski definition) is 4. The molecule has 1 fully saturated rings. The van der Waals surface area contributed by atoms with E-state index < -0.39 is 0 Å². The summed E-state index contributed by atoms with van der Waals surface area (Å²) in [6, 6.07) is 22.4. The molecule has 1 N–H and O–H groups in total. The predicted octanol–water partition coefficient (Wildman–Crippen LogP) is 4.72. The van der Waals surface area contributed by atoms with Crippen molar-refractivity contribution in [1.82, 2.24) is 20.0 Å². The van der Waals surface area contributed by atoms with E-state index in [0.717, 1.165) is 23.2 Å². The lowest BCUT2D eigenvalue weighted by Crippen LogP contribution is -2.22. The minimum Gasteiger partial charge on any atom is -0.454 e. The van der Waals surface area contributed by atoms with Crippen molar-refractivity contribution in [2.24, 2.45) is 0 Å². The lowest BCUT2D eigenvalue weighted by Gasteiger charge is -2.15. The number of aromatic nitrogens is 2. The van der Waals surface area contributed by atoms with E-state index in [0.29, 0.717) is 24.6 Å². The fraction of sp³-hybridized carbons (Fsp3) is 0.259. The Morgan fingerprint density at radius 1 is 0.939 bits per heavy atom. The molecule has 6 nitrogen and oxygen atoms in total. The molecule has 0 aliphatic carbocycles. The van der Waals surface area contributed by atoms with Gasteiger partial charge < -0.3 is 9.73 Å². The second-order valence-corrected chi connectivity index (χ2v) is 8.49. The molecule has 2 aromatic carbocycles. The molecule has 1 saturated heterocycles. The summed E-state index contributed by atoms with van der Waals surface area (Å²) in [6.45, 7) is 4.34. The molecular formula is C27H28N4O2. The average Bonchev–Trinajstić information content (AvgIpc) is 3.62. The van der Waals surface area contributed by atoms with Gasteiger partial charge in [0.15, 0.2) is 5.76 Å². The number of hydrogen-bond donors (Lipinski definition) is 1. The Kier molecular flexibility index (Phi) is 6.35. The smallest absolute Gasteiger partial charge is 0.287 e. The zero-order valence-corrected chi connectivity index (χ0v) is 18.6. The molecular weight excluding hydrogens is 412 g/mol. The van der Waals surface area contributed by atoms with Gasteiger partial charge in [-0.25, -0.2) is 0 Å². The maximum atomic E-state index is 12.7. The molecule has 4 aromatic rings. The van der Waals surface area contributed by atoms with Gasteiger partial charge in [-0.05, 0) is 66.4 Å². The number of furan rings is 1. The zero-order chi connectivity index (χ0) is 22.5. The molecule has 0 bridgehead atoms. The SMILES string of the molecule is O=C(NCc1ccccc1-c1ccc(CN2CCCC2)cc1)c1ccc(Cn2cccn2)o1. The summed E-state index contributed by atoms with van der Waals surface area (Å²) in [4.78, 5) is 15.2. The molecule has 0 spiro atoms. The summed E-state index contributed by atoms with van der Waals surface area (Å²) in [5.41, 5.74) is 4.70.